The molecule has 0 radical (unpaired) electrons. The zero-order valence-corrected chi connectivity index (χ0v) is 5.81. The first kappa shape index (κ1) is 5.72. The molecular formula is C8H14O. The molecule has 0 amide bonds. The van der Waals surface area contributed by atoms with Gasteiger partial charge in [-0.3, -0.25) is 0 Å². The van der Waals surface area contributed by atoms with E-state index in [0.29, 0.717) is 12.2 Å². The zero-order valence-electron chi connectivity index (χ0n) is 5.81. The van der Waals surface area contributed by atoms with Gasteiger partial charge in [-0.25, -0.2) is 0 Å². The lowest BCUT2D eigenvalue weighted by Gasteiger charge is -2.01. The van der Waals surface area contributed by atoms with Crippen molar-refractivity contribution in [3.63, 3.8) is 0 Å². The molecular weight excluding hydrogens is 112 g/mol. The van der Waals surface area contributed by atoms with Gasteiger partial charge in [0, 0.05) is 0 Å². The second-order valence-electron chi connectivity index (χ2n) is 3.20. The lowest BCUT2D eigenvalue weighted by atomic mass is 10.0. The molecule has 0 aromatic heterocycles. The van der Waals surface area contributed by atoms with E-state index < -0.39 is 0 Å². The van der Waals surface area contributed by atoms with E-state index in [9.17, 15) is 0 Å². The van der Waals surface area contributed by atoms with Crippen molar-refractivity contribution in [2.24, 2.45) is 0 Å². The Morgan fingerprint density at radius 2 is 1.33 bits per heavy atom. The zero-order chi connectivity index (χ0) is 6.10. The van der Waals surface area contributed by atoms with Gasteiger partial charge in [-0.2, -0.15) is 0 Å². The molecule has 1 aliphatic heterocycles. The number of rotatable bonds is 0. The Labute approximate surface area is 56.4 Å². The van der Waals surface area contributed by atoms with E-state index in [-0.39, 0.29) is 0 Å². The maximum absolute atomic E-state index is 5.44. The summed E-state index contributed by atoms with van der Waals surface area (Å²) in [6, 6.07) is 0. The Morgan fingerprint density at radius 1 is 0.778 bits per heavy atom. The van der Waals surface area contributed by atoms with Gasteiger partial charge in [-0.1, -0.05) is 25.7 Å². The van der Waals surface area contributed by atoms with Crippen LogP contribution >= 0.6 is 0 Å². The molecule has 0 spiro atoms. The highest BCUT2D eigenvalue weighted by Crippen LogP contribution is 2.33. The van der Waals surface area contributed by atoms with Gasteiger partial charge in [0.05, 0.1) is 12.2 Å². The van der Waals surface area contributed by atoms with E-state index in [4.69, 9.17) is 4.74 Å². The fourth-order valence-electron chi connectivity index (χ4n) is 1.73. The molecule has 52 valence electrons. The highest BCUT2D eigenvalue weighted by molar-refractivity contribution is 4.85. The number of ether oxygens (including phenoxy) is 1. The summed E-state index contributed by atoms with van der Waals surface area (Å²) in [4.78, 5) is 0. The van der Waals surface area contributed by atoms with Crippen LogP contribution in [0.2, 0.25) is 0 Å². The summed E-state index contributed by atoms with van der Waals surface area (Å²) in [5, 5.41) is 0. The van der Waals surface area contributed by atoms with Gasteiger partial charge in [-0.05, 0) is 12.8 Å². The van der Waals surface area contributed by atoms with E-state index in [1.54, 1.807) is 0 Å². The van der Waals surface area contributed by atoms with Crippen LogP contribution in [0.4, 0.5) is 0 Å². The topological polar surface area (TPSA) is 12.5 Å². The van der Waals surface area contributed by atoms with Crippen LogP contribution in [0.5, 0.6) is 0 Å². The molecule has 1 aliphatic carbocycles. The summed E-state index contributed by atoms with van der Waals surface area (Å²) in [5.74, 6) is 0. The lowest BCUT2D eigenvalue weighted by Crippen LogP contribution is -1.97. The van der Waals surface area contributed by atoms with E-state index >= 15 is 0 Å². The maximum atomic E-state index is 5.44. The van der Waals surface area contributed by atoms with Crippen LogP contribution in [-0.2, 0) is 4.74 Å². The standard InChI is InChI=1S/C8H14O/c1-2-4-6-8-7(9-8)5-3-1/h7-8H,1-6H2/t7-,8?/m0/s1. The minimum absolute atomic E-state index is 0.685. The smallest absolute Gasteiger partial charge is 0.0841 e. The number of epoxide rings is 1. The predicted molar refractivity (Wildman–Crippen MR) is 36.4 cm³/mol. The van der Waals surface area contributed by atoms with Gasteiger partial charge >= 0.3 is 0 Å². The van der Waals surface area contributed by atoms with Crippen molar-refractivity contribution in [1.29, 1.82) is 0 Å². The van der Waals surface area contributed by atoms with E-state index in [0.717, 1.165) is 0 Å². The Balaban J connectivity index is 1.81. The van der Waals surface area contributed by atoms with Gasteiger partial charge in [0.15, 0.2) is 0 Å². The van der Waals surface area contributed by atoms with Crippen LogP contribution in [0.25, 0.3) is 0 Å². The molecule has 1 heteroatoms. The SMILES string of the molecule is C1CCC[C@@H]2OC2CC1. The minimum atomic E-state index is 0.685. The molecule has 9 heavy (non-hydrogen) atoms. The second-order valence-corrected chi connectivity index (χ2v) is 3.20. The van der Waals surface area contributed by atoms with Crippen LogP contribution in [0, 0.1) is 0 Å². The van der Waals surface area contributed by atoms with E-state index in [1.807, 2.05) is 0 Å². The number of fused-ring (bicyclic) bond motifs is 1. The molecule has 1 saturated carbocycles. The molecule has 1 saturated heterocycles. The third-order valence-corrected chi connectivity index (χ3v) is 2.41. The molecule has 0 N–H and O–H groups in total. The van der Waals surface area contributed by atoms with Crippen molar-refractivity contribution in [2.45, 2.75) is 50.7 Å². The molecule has 0 bridgehead atoms. The first-order chi connectivity index (χ1) is 4.47. The van der Waals surface area contributed by atoms with Gasteiger partial charge in [0.1, 0.15) is 0 Å². The van der Waals surface area contributed by atoms with Gasteiger partial charge in [0.25, 0.3) is 0 Å². The van der Waals surface area contributed by atoms with Crippen LogP contribution < -0.4 is 0 Å². The minimum Gasteiger partial charge on any atom is -0.370 e. The average molecular weight is 126 g/mol. The number of hydrogen-bond acceptors (Lipinski definition) is 1. The molecule has 2 fully saturated rings. The molecule has 1 heterocycles. The Hall–Kier alpha value is -0.0400. The summed E-state index contributed by atoms with van der Waals surface area (Å²) in [7, 11) is 0. The van der Waals surface area contributed by atoms with Crippen molar-refractivity contribution < 1.29 is 4.74 Å². The summed E-state index contributed by atoms with van der Waals surface area (Å²) in [6.07, 6.45) is 9.73. The molecule has 2 atom stereocenters. The van der Waals surface area contributed by atoms with Crippen molar-refractivity contribution in [2.75, 3.05) is 0 Å². The monoisotopic (exact) mass is 126 g/mol. The Kier molecular flexibility index (Phi) is 1.46. The van der Waals surface area contributed by atoms with Crippen molar-refractivity contribution >= 4 is 0 Å². The van der Waals surface area contributed by atoms with Crippen LogP contribution in [0.15, 0.2) is 0 Å². The van der Waals surface area contributed by atoms with Gasteiger partial charge < -0.3 is 4.74 Å². The summed E-state index contributed by atoms with van der Waals surface area (Å²) in [6.45, 7) is 0. The van der Waals surface area contributed by atoms with Crippen molar-refractivity contribution in [3.05, 3.63) is 0 Å². The highest BCUT2D eigenvalue weighted by Gasteiger charge is 2.37. The molecule has 1 unspecified atom stereocenters. The van der Waals surface area contributed by atoms with Crippen molar-refractivity contribution in [1.82, 2.24) is 0 Å². The first-order valence-corrected chi connectivity index (χ1v) is 4.12. The predicted octanol–water partition coefficient (Wildman–Crippen LogP) is 2.11. The average Bonchev–Trinajstić information content (AvgIpc) is 2.46. The highest BCUT2D eigenvalue weighted by atomic mass is 16.6. The Morgan fingerprint density at radius 3 is 1.89 bits per heavy atom. The summed E-state index contributed by atoms with van der Waals surface area (Å²) >= 11 is 0. The van der Waals surface area contributed by atoms with Crippen LogP contribution in [-0.4, -0.2) is 12.2 Å². The van der Waals surface area contributed by atoms with E-state index in [2.05, 4.69) is 0 Å². The molecule has 0 aromatic carbocycles. The normalized spacial score (nSPS) is 42.7. The third kappa shape index (κ3) is 1.26. The molecule has 2 rings (SSSR count). The molecule has 1 nitrogen and oxygen atoms in total. The first-order valence-electron chi connectivity index (χ1n) is 4.12. The van der Waals surface area contributed by atoms with Crippen molar-refractivity contribution in [3.8, 4) is 0 Å². The molecule has 2 aliphatic rings. The van der Waals surface area contributed by atoms with E-state index in [1.165, 1.54) is 38.5 Å². The maximum Gasteiger partial charge on any atom is 0.0841 e. The Bertz CT molecular complexity index is 88.7. The quantitative estimate of drug-likeness (QED) is 0.453. The second kappa shape index (κ2) is 2.30. The van der Waals surface area contributed by atoms with Crippen LogP contribution in [0.3, 0.4) is 0 Å². The lowest BCUT2D eigenvalue weighted by molar-refractivity contribution is 0.358. The largest absolute Gasteiger partial charge is 0.370 e. The fourth-order valence-corrected chi connectivity index (χ4v) is 1.73. The van der Waals surface area contributed by atoms with Gasteiger partial charge in [0.2, 0.25) is 0 Å². The fraction of sp³-hybridized carbons (Fsp3) is 1.00. The van der Waals surface area contributed by atoms with Crippen LogP contribution in [0.1, 0.15) is 38.5 Å². The third-order valence-electron chi connectivity index (χ3n) is 2.41. The van der Waals surface area contributed by atoms with Gasteiger partial charge in [-0.15, -0.1) is 0 Å². The molecule has 0 aromatic rings. The summed E-state index contributed by atoms with van der Waals surface area (Å²) in [5.41, 5.74) is 0. The summed E-state index contributed by atoms with van der Waals surface area (Å²) < 4.78 is 5.44. The number of hydrogen-bond donors (Lipinski definition) is 0.